The number of hydrogen-bond donors (Lipinski definition) is 0. The zero-order valence-electron chi connectivity index (χ0n) is 17.4. The maximum Gasteiger partial charge on any atom is 0.406 e. The van der Waals surface area contributed by atoms with Crippen molar-refractivity contribution in [2.24, 2.45) is 5.92 Å². The molecule has 2 aliphatic rings. The number of carbonyl (C=O) groups excluding carboxylic acids is 1. The number of halogens is 3. The van der Waals surface area contributed by atoms with Gasteiger partial charge < -0.3 is 4.90 Å². The van der Waals surface area contributed by atoms with Crippen LogP contribution in [-0.2, 0) is 4.79 Å². The summed E-state index contributed by atoms with van der Waals surface area (Å²) >= 11 is 1.07. The maximum absolute atomic E-state index is 13.2. The van der Waals surface area contributed by atoms with Crippen LogP contribution in [0.15, 0.2) is 34.2 Å². The first-order valence-electron chi connectivity index (χ1n) is 10.7. The summed E-state index contributed by atoms with van der Waals surface area (Å²) in [4.78, 5) is 31.6. The fourth-order valence-electron chi connectivity index (χ4n) is 4.41. The minimum atomic E-state index is -4.45. The molecule has 1 unspecified atom stereocenters. The van der Waals surface area contributed by atoms with E-state index < -0.39 is 24.7 Å². The minimum absolute atomic E-state index is 0.0128. The van der Waals surface area contributed by atoms with Crippen molar-refractivity contribution in [1.82, 2.24) is 14.5 Å². The number of hydrogen-bond acceptors (Lipinski definition) is 4. The number of alkyl halides is 3. The Kier molecular flexibility index (Phi) is 6.32. The molecule has 1 aromatic heterocycles. The van der Waals surface area contributed by atoms with Gasteiger partial charge in [-0.05, 0) is 50.7 Å². The van der Waals surface area contributed by atoms with Crippen LogP contribution in [0.4, 0.5) is 13.2 Å². The van der Waals surface area contributed by atoms with Crippen LogP contribution in [0.5, 0.6) is 0 Å². The van der Waals surface area contributed by atoms with Crippen LogP contribution in [0, 0.1) is 5.92 Å². The van der Waals surface area contributed by atoms with Gasteiger partial charge in [-0.2, -0.15) is 13.2 Å². The van der Waals surface area contributed by atoms with E-state index >= 15 is 0 Å². The third-order valence-corrected chi connectivity index (χ3v) is 7.19. The van der Waals surface area contributed by atoms with Gasteiger partial charge in [-0.1, -0.05) is 36.7 Å². The van der Waals surface area contributed by atoms with Crippen LogP contribution in [0.3, 0.4) is 0 Å². The topological polar surface area (TPSA) is 55.2 Å². The molecule has 2 saturated carbocycles. The second-order valence-corrected chi connectivity index (χ2v) is 9.47. The van der Waals surface area contributed by atoms with Crippen LogP contribution in [0.25, 0.3) is 10.9 Å². The van der Waals surface area contributed by atoms with Crippen molar-refractivity contribution < 1.29 is 18.0 Å². The summed E-state index contributed by atoms with van der Waals surface area (Å²) in [6.45, 7) is 0.444. The van der Waals surface area contributed by atoms with Gasteiger partial charge >= 0.3 is 6.18 Å². The Morgan fingerprint density at radius 2 is 1.90 bits per heavy atom. The Labute approximate surface area is 183 Å². The highest BCUT2D eigenvalue weighted by Gasteiger charge is 2.40. The van der Waals surface area contributed by atoms with Crippen molar-refractivity contribution in [1.29, 1.82) is 0 Å². The predicted octanol–water partition coefficient (Wildman–Crippen LogP) is 4.79. The van der Waals surface area contributed by atoms with E-state index in [1.54, 1.807) is 35.8 Å². The second kappa shape index (κ2) is 8.84. The molecule has 2 aliphatic carbocycles. The van der Waals surface area contributed by atoms with Crippen molar-refractivity contribution in [3.63, 3.8) is 0 Å². The lowest BCUT2D eigenvalue weighted by atomic mass is 10.2. The Hall–Kier alpha value is -2.03. The largest absolute Gasteiger partial charge is 0.406 e. The van der Waals surface area contributed by atoms with E-state index in [0.717, 1.165) is 55.2 Å². The number of carbonyl (C=O) groups is 1. The first kappa shape index (κ1) is 22.2. The monoisotopic (exact) mass is 453 g/mol. The Bertz CT molecular complexity index is 1010. The third-order valence-electron chi connectivity index (χ3n) is 6.26. The van der Waals surface area contributed by atoms with Crippen molar-refractivity contribution >= 4 is 28.6 Å². The molecule has 0 bridgehead atoms. The Morgan fingerprint density at radius 3 is 2.55 bits per heavy atom. The van der Waals surface area contributed by atoms with Gasteiger partial charge in [0, 0.05) is 12.1 Å². The zero-order chi connectivity index (χ0) is 22.2. The molecule has 4 rings (SSSR count). The molecule has 0 radical (unpaired) electrons. The highest BCUT2D eigenvalue weighted by Crippen LogP contribution is 2.37. The number of aromatic nitrogens is 2. The van der Waals surface area contributed by atoms with Gasteiger partial charge in [0.2, 0.25) is 5.91 Å². The van der Waals surface area contributed by atoms with E-state index in [1.165, 1.54) is 0 Å². The highest BCUT2D eigenvalue weighted by molar-refractivity contribution is 7.99. The number of para-hydroxylation sites is 1. The lowest BCUT2D eigenvalue weighted by Gasteiger charge is -2.30. The van der Waals surface area contributed by atoms with Crippen molar-refractivity contribution in [2.45, 2.75) is 68.9 Å². The molecule has 5 nitrogen and oxygen atoms in total. The number of fused-ring (bicyclic) bond motifs is 1. The van der Waals surface area contributed by atoms with E-state index in [2.05, 4.69) is 4.98 Å². The average Bonchev–Trinajstić information content (AvgIpc) is 3.44. The summed E-state index contributed by atoms with van der Waals surface area (Å²) in [7, 11) is 0. The molecule has 2 aromatic rings. The summed E-state index contributed by atoms with van der Waals surface area (Å²) in [5, 5.41) is 0.932. The maximum atomic E-state index is 13.2. The summed E-state index contributed by atoms with van der Waals surface area (Å²) in [5.41, 5.74) is 0.390. The smallest absolute Gasteiger partial charge is 0.330 e. The molecule has 9 heteroatoms. The number of nitrogens with zero attached hydrogens (tertiary/aromatic N) is 3. The van der Waals surface area contributed by atoms with Crippen LogP contribution in [-0.4, -0.2) is 44.9 Å². The van der Waals surface area contributed by atoms with E-state index in [1.807, 2.05) is 0 Å². The molecule has 0 saturated heterocycles. The lowest BCUT2D eigenvalue weighted by molar-refractivity contribution is -0.164. The van der Waals surface area contributed by atoms with Crippen LogP contribution >= 0.6 is 11.8 Å². The molecule has 31 heavy (non-hydrogen) atoms. The van der Waals surface area contributed by atoms with Gasteiger partial charge in [0.25, 0.3) is 5.56 Å². The Morgan fingerprint density at radius 1 is 1.23 bits per heavy atom. The zero-order valence-corrected chi connectivity index (χ0v) is 18.2. The molecular formula is C22H26F3N3O2S. The molecule has 168 valence electrons. The van der Waals surface area contributed by atoms with Gasteiger partial charge in [0.05, 0.1) is 16.7 Å². The minimum Gasteiger partial charge on any atom is -0.330 e. The van der Waals surface area contributed by atoms with Crippen molar-refractivity contribution in [3.05, 3.63) is 34.6 Å². The molecule has 2 fully saturated rings. The summed E-state index contributed by atoms with van der Waals surface area (Å²) in [5.74, 6) is -0.612. The molecule has 1 amide bonds. The summed E-state index contributed by atoms with van der Waals surface area (Å²) in [6, 6.07) is 6.62. The summed E-state index contributed by atoms with van der Waals surface area (Å²) < 4.78 is 41.0. The molecule has 1 heterocycles. The number of benzene rings is 1. The highest BCUT2D eigenvalue weighted by atomic mass is 32.2. The number of thioether (sulfide) groups is 1. The second-order valence-electron chi connectivity index (χ2n) is 8.53. The van der Waals surface area contributed by atoms with Gasteiger partial charge in [-0.25, -0.2) is 4.98 Å². The van der Waals surface area contributed by atoms with E-state index in [4.69, 9.17) is 0 Å². The normalized spacial score (nSPS) is 18.5. The lowest BCUT2D eigenvalue weighted by Crippen LogP contribution is -2.46. The molecular weight excluding hydrogens is 427 g/mol. The molecule has 0 spiro atoms. The SMILES string of the molecule is CC(C1CC1)N(CC(F)(F)F)C(=O)CSc1nc2ccccc2c(=O)n1C1CCCC1. The van der Waals surface area contributed by atoms with Crippen LogP contribution in [0.1, 0.15) is 51.5 Å². The molecule has 1 atom stereocenters. The number of amides is 1. The van der Waals surface area contributed by atoms with E-state index in [-0.39, 0.29) is 23.3 Å². The van der Waals surface area contributed by atoms with E-state index in [0.29, 0.717) is 16.1 Å². The van der Waals surface area contributed by atoms with Gasteiger partial charge in [-0.15, -0.1) is 0 Å². The first-order chi connectivity index (χ1) is 14.7. The van der Waals surface area contributed by atoms with Gasteiger partial charge in [-0.3, -0.25) is 14.2 Å². The summed E-state index contributed by atoms with van der Waals surface area (Å²) in [6.07, 6.45) is 1.01. The standard InChI is InChI=1S/C22H26F3N3O2S/c1-14(15-10-11-15)27(13-22(23,24)25)19(29)12-31-21-26-18-9-5-4-8-17(18)20(30)28(21)16-6-2-3-7-16/h4-5,8-9,14-16H,2-3,6-7,10-13H2,1H3. The molecule has 0 N–H and O–H groups in total. The van der Waals surface area contributed by atoms with Crippen molar-refractivity contribution in [3.8, 4) is 0 Å². The average molecular weight is 454 g/mol. The Balaban J connectivity index is 1.60. The predicted molar refractivity (Wildman–Crippen MR) is 114 cm³/mol. The van der Waals surface area contributed by atoms with Gasteiger partial charge in [0.15, 0.2) is 5.16 Å². The fourth-order valence-corrected chi connectivity index (χ4v) is 5.36. The number of rotatable bonds is 7. The van der Waals surface area contributed by atoms with Crippen LogP contribution < -0.4 is 5.56 Å². The molecule has 0 aliphatic heterocycles. The third kappa shape index (κ3) is 5.07. The first-order valence-corrected chi connectivity index (χ1v) is 11.7. The van der Waals surface area contributed by atoms with Crippen LogP contribution in [0.2, 0.25) is 0 Å². The quantitative estimate of drug-likeness (QED) is 0.447. The van der Waals surface area contributed by atoms with Crippen molar-refractivity contribution in [2.75, 3.05) is 12.3 Å². The van der Waals surface area contributed by atoms with Gasteiger partial charge in [0.1, 0.15) is 6.54 Å². The fraction of sp³-hybridized carbons (Fsp3) is 0.591. The molecule has 1 aromatic carbocycles. The van der Waals surface area contributed by atoms with E-state index in [9.17, 15) is 22.8 Å².